The minimum absolute atomic E-state index is 0.00306. The minimum Gasteiger partial charge on any atom is -0.456 e. The lowest BCUT2D eigenvalue weighted by atomic mass is 9.89. The van der Waals surface area contributed by atoms with E-state index in [4.69, 9.17) is 23.8 Å². The number of benzene rings is 9. The normalized spacial score (nSPS) is 13.7. The van der Waals surface area contributed by atoms with Crippen LogP contribution < -0.4 is 0 Å². The van der Waals surface area contributed by atoms with Crippen molar-refractivity contribution < 1.29 is 8.83 Å². The van der Waals surface area contributed by atoms with Crippen molar-refractivity contribution >= 4 is 60.7 Å². The van der Waals surface area contributed by atoms with Gasteiger partial charge in [0.2, 0.25) is 0 Å². The molecule has 3 aromatic heterocycles. The van der Waals surface area contributed by atoms with Crippen LogP contribution in [0.3, 0.4) is 0 Å². The van der Waals surface area contributed by atoms with Gasteiger partial charge in [0.05, 0.1) is 0 Å². The number of rotatable bonds is 6. The quantitative estimate of drug-likeness (QED) is 0.167. The van der Waals surface area contributed by atoms with Crippen molar-refractivity contribution in [3.63, 3.8) is 0 Å². The van der Waals surface area contributed by atoms with E-state index in [1.807, 2.05) is 30.3 Å². The topological polar surface area (TPSA) is 65.0 Å². The van der Waals surface area contributed by atoms with E-state index in [0.29, 0.717) is 11.6 Å². The number of nitrogens with zero attached hydrogens (tertiary/aromatic N) is 3. The summed E-state index contributed by atoms with van der Waals surface area (Å²) in [6.07, 6.45) is 5.24. The average molecular weight is 820 g/mol. The molecule has 0 spiro atoms. The molecule has 64 heavy (non-hydrogen) atoms. The van der Waals surface area contributed by atoms with E-state index in [2.05, 4.69) is 176 Å². The van der Waals surface area contributed by atoms with Gasteiger partial charge in [0, 0.05) is 38.6 Å². The number of fused-ring (bicyclic) bond motifs is 8. The van der Waals surface area contributed by atoms with Crippen molar-refractivity contribution in [1.29, 1.82) is 0 Å². The van der Waals surface area contributed by atoms with Crippen LogP contribution in [0.2, 0.25) is 0 Å². The van der Waals surface area contributed by atoms with Gasteiger partial charge in [-0.25, -0.2) is 15.0 Å². The maximum Gasteiger partial charge on any atom is 0.164 e. The highest BCUT2D eigenvalue weighted by atomic mass is 16.3. The summed E-state index contributed by atoms with van der Waals surface area (Å²) < 4.78 is 12.8. The molecular formula is C59H37N3O2. The SMILES string of the molecule is C1=CC(c2nc(-c3ccc4cc(-c5cccc6oc7ccc(-c8ccc(-c9ccccc9)cc8)cc7c56)ccc4c3)nc(-c3cccc4oc5ccccc5c34)n2)Cc2ccccc21. The van der Waals surface area contributed by atoms with Crippen LogP contribution >= 0.6 is 0 Å². The second kappa shape index (κ2) is 14.6. The lowest BCUT2D eigenvalue weighted by Gasteiger charge is -2.19. The van der Waals surface area contributed by atoms with Gasteiger partial charge in [-0.05, 0) is 104 Å². The third kappa shape index (κ3) is 6.12. The first-order chi connectivity index (χ1) is 31.7. The van der Waals surface area contributed by atoms with Crippen molar-refractivity contribution in [3.05, 3.63) is 217 Å². The van der Waals surface area contributed by atoms with Crippen LogP contribution in [-0.2, 0) is 6.42 Å². The molecule has 0 saturated carbocycles. The highest BCUT2D eigenvalue weighted by Gasteiger charge is 2.23. The Morgan fingerprint density at radius 2 is 0.984 bits per heavy atom. The Bertz CT molecular complexity index is 3820. The molecular weight excluding hydrogens is 783 g/mol. The molecule has 12 aromatic rings. The standard InChI is InChI=1S/C59H37N3O2/c1-2-10-36(11-3-1)38-20-22-39(23-21-38)43-30-31-52-50(35-43)55-47(15-8-18-53(55)64-52)44-27-25-42-34-46(29-26-41(42)32-44)58-60-57(45-28-24-37-12-4-5-13-40(37)33-45)61-59(62-58)49-16-9-19-54-56(49)48-14-6-7-17-51(48)63-54/h1-32,34-35,45H,33H2. The van der Waals surface area contributed by atoms with Crippen LogP contribution in [0.1, 0.15) is 22.9 Å². The van der Waals surface area contributed by atoms with E-state index >= 15 is 0 Å². The summed E-state index contributed by atoms with van der Waals surface area (Å²) >= 11 is 0. The first-order valence-electron chi connectivity index (χ1n) is 21.8. The van der Waals surface area contributed by atoms with Crippen LogP contribution in [0.15, 0.2) is 209 Å². The predicted octanol–water partition coefficient (Wildman–Crippen LogP) is 15.5. The van der Waals surface area contributed by atoms with Crippen molar-refractivity contribution in [2.45, 2.75) is 12.3 Å². The molecule has 0 radical (unpaired) electrons. The Hall–Kier alpha value is -8.41. The molecule has 0 saturated heterocycles. The van der Waals surface area contributed by atoms with E-state index in [0.717, 1.165) is 94.7 Å². The van der Waals surface area contributed by atoms with E-state index in [-0.39, 0.29) is 5.92 Å². The maximum absolute atomic E-state index is 6.46. The molecule has 1 atom stereocenters. The summed E-state index contributed by atoms with van der Waals surface area (Å²) in [6.45, 7) is 0. The summed E-state index contributed by atoms with van der Waals surface area (Å²) in [5, 5.41) is 6.48. The first-order valence-corrected chi connectivity index (χ1v) is 21.8. The monoisotopic (exact) mass is 819 g/mol. The molecule has 300 valence electrons. The molecule has 0 amide bonds. The van der Waals surface area contributed by atoms with E-state index < -0.39 is 0 Å². The third-order valence-electron chi connectivity index (χ3n) is 12.9. The van der Waals surface area contributed by atoms with E-state index in [1.165, 1.54) is 27.8 Å². The number of allylic oxidation sites excluding steroid dienone is 1. The highest BCUT2D eigenvalue weighted by molar-refractivity contribution is 6.14. The molecule has 0 fully saturated rings. The maximum atomic E-state index is 6.46. The fourth-order valence-electron chi connectivity index (χ4n) is 9.64. The second-order valence-corrected chi connectivity index (χ2v) is 16.7. The molecule has 0 aliphatic heterocycles. The van der Waals surface area contributed by atoms with Crippen molar-refractivity contribution in [2.75, 3.05) is 0 Å². The van der Waals surface area contributed by atoms with Gasteiger partial charge in [0.1, 0.15) is 28.2 Å². The molecule has 1 aliphatic carbocycles. The summed E-state index contributed by atoms with van der Waals surface area (Å²) in [5.74, 6) is 2.02. The van der Waals surface area contributed by atoms with Gasteiger partial charge in [-0.2, -0.15) is 0 Å². The molecule has 1 unspecified atom stereocenters. The zero-order valence-electron chi connectivity index (χ0n) is 34.6. The van der Waals surface area contributed by atoms with Gasteiger partial charge in [-0.1, -0.05) is 164 Å². The van der Waals surface area contributed by atoms with Gasteiger partial charge in [0.25, 0.3) is 0 Å². The van der Waals surface area contributed by atoms with E-state index in [9.17, 15) is 0 Å². The minimum atomic E-state index is -0.00306. The Balaban J connectivity index is 0.894. The fraction of sp³-hybridized carbons (Fsp3) is 0.0339. The second-order valence-electron chi connectivity index (χ2n) is 16.7. The van der Waals surface area contributed by atoms with Crippen molar-refractivity contribution in [3.8, 4) is 56.2 Å². The van der Waals surface area contributed by atoms with Crippen molar-refractivity contribution in [1.82, 2.24) is 15.0 Å². The Morgan fingerprint density at radius 1 is 0.391 bits per heavy atom. The fourth-order valence-corrected chi connectivity index (χ4v) is 9.64. The Kier molecular flexibility index (Phi) is 8.28. The van der Waals surface area contributed by atoms with Gasteiger partial charge in [-0.3, -0.25) is 0 Å². The number of furan rings is 2. The molecule has 0 N–H and O–H groups in total. The Morgan fingerprint density at radius 3 is 1.81 bits per heavy atom. The molecule has 13 rings (SSSR count). The Labute approximate surface area is 368 Å². The predicted molar refractivity (Wildman–Crippen MR) is 261 cm³/mol. The van der Waals surface area contributed by atoms with Crippen LogP contribution in [0, 0.1) is 0 Å². The zero-order chi connectivity index (χ0) is 42.1. The highest BCUT2D eigenvalue weighted by Crippen LogP contribution is 2.41. The van der Waals surface area contributed by atoms with Crippen LogP contribution in [0.5, 0.6) is 0 Å². The van der Waals surface area contributed by atoms with Crippen LogP contribution in [-0.4, -0.2) is 15.0 Å². The van der Waals surface area contributed by atoms with E-state index in [1.54, 1.807) is 0 Å². The largest absolute Gasteiger partial charge is 0.456 e. The summed E-state index contributed by atoms with van der Waals surface area (Å²) in [7, 11) is 0. The smallest absolute Gasteiger partial charge is 0.164 e. The van der Waals surface area contributed by atoms with Gasteiger partial charge in [0.15, 0.2) is 11.6 Å². The first kappa shape index (κ1) is 36.3. The number of aromatic nitrogens is 3. The van der Waals surface area contributed by atoms with Crippen LogP contribution in [0.25, 0.3) is 117 Å². The molecule has 3 heterocycles. The van der Waals surface area contributed by atoms with Gasteiger partial charge in [-0.15, -0.1) is 0 Å². The molecule has 9 aromatic carbocycles. The molecule has 5 nitrogen and oxygen atoms in total. The number of hydrogen-bond donors (Lipinski definition) is 0. The molecule has 1 aliphatic rings. The average Bonchev–Trinajstić information content (AvgIpc) is 3.94. The number of para-hydroxylation sites is 1. The number of hydrogen-bond acceptors (Lipinski definition) is 5. The van der Waals surface area contributed by atoms with Crippen molar-refractivity contribution in [2.24, 2.45) is 0 Å². The third-order valence-corrected chi connectivity index (χ3v) is 12.9. The summed E-state index contributed by atoms with van der Waals surface area (Å²) in [4.78, 5) is 15.7. The van der Waals surface area contributed by atoms with Crippen LogP contribution in [0.4, 0.5) is 0 Å². The summed E-state index contributed by atoms with van der Waals surface area (Å²) in [5.41, 5.74) is 14.8. The zero-order valence-corrected chi connectivity index (χ0v) is 34.6. The lowest BCUT2D eigenvalue weighted by Crippen LogP contribution is -2.12. The molecule has 0 bridgehead atoms. The van der Waals surface area contributed by atoms with Gasteiger partial charge >= 0.3 is 0 Å². The molecule has 5 heteroatoms. The summed E-state index contributed by atoms with van der Waals surface area (Å²) in [6, 6.07) is 68.2. The lowest BCUT2D eigenvalue weighted by molar-refractivity contribution is 0.668. The van der Waals surface area contributed by atoms with Gasteiger partial charge < -0.3 is 8.83 Å².